The molecule has 0 aliphatic heterocycles. The van der Waals surface area contributed by atoms with Gasteiger partial charge in [-0.3, -0.25) is 0 Å². The summed E-state index contributed by atoms with van der Waals surface area (Å²) in [6.45, 7) is 0.813. The summed E-state index contributed by atoms with van der Waals surface area (Å²) in [6, 6.07) is -0.960. The van der Waals surface area contributed by atoms with Crippen LogP contribution in [0.15, 0.2) is 0 Å². The van der Waals surface area contributed by atoms with E-state index in [1.165, 1.54) is 6.92 Å². The summed E-state index contributed by atoms with van der Waals surface area (Å²) in [5, 5.41) is 21.8. The summed E-state index contributed by atoms with van der Waals surface area (Å²) in [5.41, 5.74) is 0. The summed E-state index contributed by atoms with van der Waals surface area (Å²) in [5.74, 6) is -2.67. The number of hydrogen-bond donors (Lipinski definition) is 1. The summed E-state index contributed by atoms with van der Waals surface area (Å²) in [4.78, 5) is 19.7. The summed E-state index contributed by atoms with van der Waals surface area (Å²) >= 11 is 0. The van der Waals surface area contributed by atoms with Crippen LogP contribution in [0.25, 0.3) is 0 Å². The fourth-order valence-electron chi connectivity index (χ4n) is 0.320. The Labute approximate surface area is 114 Å². The Kier molecular flexibility index (Phi) is 15.5. The molecule has 0 bridgehead atoms. The number of nitrogens with one attached hydrogen (secondary N) is 1. The van der Waals surface area contributed by atoms with Crippen molar-refractivity contribution >= 4 is 11.9 Å². The smallest absolute Gasteiger partial charge is 0.549 e. The Hall–Kier alpha value is 0.900. The normalized spacial score (nSPS) is 10.4. The molecule has 0 aliphatic carbocycles. The largest absolute Gasteiger partial charge is 1.00 e. The molecular weight excluding hydrogens is 184 g/mol. The minimum atomic E-state index is -1.34. The van der Waals surface area contributed by atoms with Gasteiger partial charge in [0.2, 0.25) is 0 Å². The molecule has 0 heterocycles. The van der Waals surface area contributed by atoms with Crippen LogP contribution in [0.1, 0.15) is 6.92 Å². The SMILES string of the molecule is C[C@H](NCC(=O)[O-])C(=O)[O-].[Na+].[Na+]. The maximum atomic E-state index is 9.92. The van der Waals surface area contributed by atoms with Crippen molar-refractivity contribution in [3.05, 3.63) is 0 Å². The molecule has 5 nitrogen and oxygen atoms in total. The Bertz CT molecular complexity index is 152. The number of aliphatic carboxylic acids is 2. The minimum absolute atomic E-state index is 0. The van der Waals surface area contributed by atoms with Crippen molar-refractivity contribution in [2.75, 3.05) is 6.54 Å². The van der Waals surface area contributed by atoms with Gasteiger partial charge in [0.1, 0.15) is 0 Å². The zero-order valence-electron chi connectivity index (χ0n) is 7.42. The molecule has 0 radical (unpaired) electrons. The third-order valence-corrected chi connectivity index (χ3v) is 0.906. The van der Waals surface area contributed by atoms with Crippen molar-refractivity contribution in [1.29, 1.82) is 0 Å². The maximum absolute atomic E-state index is 9.92. The van der Waals surface area contributed by atoms with E-state index in [1.54, 1.807) is 0 Å². The van der Waals surface area contributed by atoms with Gasteiger partial charge in [-0.05, 0) is 6.92 Å². The van der Waals surface area contributed by atoms with E-state index < -0.39 is 24.5 Å². The van der Waals surface area contributed by atoms with Crippen LogP contribution in [0.4, 0.5) is 0 Å². The Balaban J connectivity index is -0.000000405. The van der Waals surface area contributed by atoms with Gasteiger partial charge in [-0.2, -0.15) is 0 Å². The maximum Gasteiger partial charge on any atom is 1.00 e. The second kappa shape index (κ2) is 9.98. The summed E-state index contributed by atoms with van der Waals surface area (Å²) < 4.78 is 0. The average molecular weight is 191 g/mol. The van der Waals surface area contributed by atoms with E-state index in [9.17, 15) is 19.8 Å². The van der Waals surface area contributed by atoms with Crippen LogP contribution in [0.2, 0.25) is 0 Å². The zero-order valence-corrected chi connectivity index (χ0v) is 11.4. The number of carboxylic acid groups (broad SMARTS) is 2. The second-order valence-corrected chi connectivity index (χ2v) is 1.79. The third-order valence-electron chi connectivity index (χ3n) is 0.906. The molecule has 0 saturated carbocycles. The Morgan fingerprint density at radius 3 is 2.00 bits per heavy atom. The second-order valence-electron chi connectivity index (χ2n) is 1.79. The zero-order chi connectivity index (χ0) is 8.15. The molecule has 0 amide bonds. The van der Waals surface area contributed by atoms with Gasteiger partial charge in [0.25, 0.3) is 0 Å². The molecule has 0 aromatic carbocycles. The van der Waals surface area contributed by atoms with E-state index in [2.05, 4.69) is 5.32 Å². The molecular formula is C5H7NNa2O4. The molecule has 0 spiro atoms. The van der Waals surface area contributed by atoms with Crippen LogP contribution < -0.4 is 74.6 Å². The first kappa shape index (κ1) is 18.6. The number of rotatable bonds is 4. The van der Waals surface area contributed by atoms with Crippen LogP contribution in [0, 0.1) is 0 Å². The molecule has 1 atom stereocenters. The Morgan fingerprint density at radius 1 is 1.33 bits per heavy atom. The van der Waals surface area contributed by atoms with Gasteiger partial charge in [0.05, 0.1) is 11.9 Å². The van der Waals surface area contributed by atoms with Gasteiger partial charge in [-0.1, -0.05) is 0 Å². The van der Waals surface area contributed by atoms with Crippen molar-refractivity contribution in [3.8, 4) is 0 Å². The van der Waals surface area contributed by atoms with Gasteiger partial charge in [0.15, 0.2) is 0 Å². The molecule has 0 saturated heterocycles. The topological polar surface area (TPSA) is 92.3 Å². The van der Waals surface area contributed by atoms with Gasteiger partial charge in [0, 0.05) is 12.6 Å². The summed E-state index contributed by atoms with van der Waals surface area (Å²) in [6.07, 6.45) is 0. The molecule has 0 aliphatic rings. The molecule has 58 valence electrons. The van der Waals surface area contributed by atoms with E-state index in [0.717, 1.165) is 0 Å². The standard InChI is InChI=1S/C5H9NO4.2Na/c1-3(5(9)10)6-2-4(7)8;;/h3,6H,2H2,1H3,(H,7,8)(H,9,10);;/q;2*+1/p-2/t3-;;/m0../s1. The van der Waals surface area contributed by atoms with E-state index in [4.69, 9.17) is 0 Å². The van der Waals surface area contributed by atoms with Crippen molar-refractivity contribution in [2.45, 2.75) is 13.0 Å². The summed E-state index contributed by atoms with van der Waals surface area (Å²) in [7, 11) is 0. The van der Waals surface area contributed by atoms with Crippen molar-refractivity contribution in [3.63, 3.8) is 0 Å². The quantitative estimate of drug-likeness (QED) is 0.445. The van der Waals surface area contributed by atoms with Crippen LogP contribution in [0.3, 0.4) is 0 Å². The number of carbonyl (C=O) groups excluding carboxylic acids is 2. The average Bonchev–Trinajstić information content (AvgIpc) is 1.82. The predicted octanol–water partition coefficient (Wildman–Crippen LogP) is -9.53. The molecule has 12 heavy (non-hydrogen) atoms. The number of carboxylic acids is 2. The Morgan fingerprint density at radius 2 is 1.75 bits per heavy atom. The first-order chi connectivity index (χ1) is 4.54. The molecule has 7 heteroatoms. The van der Waals surface area contributed by atoms with Crippen molar-refractivity contribution in [2.24, 2.45) is 0 Å². The molecule has 0 aromatic rings. The van der Waals surface area contributed by atoms with Crippen LogP contribution >= 0.6 is 0 Å². The first-order valence-corrected chi connectivity index (χ1v) is 2.68. The van der Waals surface area contributed by atoms with E-state index in [-0.39, 0.29) is 59.1 Å². The third kappa shape index (κ3) is 10.9. The fraction of sp³-hybridized carbons (Fsp3) is 0.600. The van der Waals surface area contributed by atoms with Crippen LogP contribution in [-0.2, 0) is 9.59 Å². The number of carbonyl (C=O) groups is 2. The minimum Gasteiger partial charge on any atom is -0.549 e. The molecule has 0 rings (SSSR count). The van der Waals surface area contributed by atoms with E-state index in [0.29, 0.717) is 0 Å². The molecule has 1 N–H and O–H groups in total. The van der Waals surface area contributed by atoms with Gasteiger partial charge in [-0.15, -0.1) is 0 Å². The van der Waals surface area contributed by atoms with Crippen molar-refractivity contribution < 1.29 is 78.9 Å². The van der Waals surface area contributed by atoms with Crippen molar-refractivity contribution in [1.82, 2.24) is 5.32 Å². The predicted molar refractivity (Wildman–Crippen MR) is 27.5 cm³/mol. The molecule has 0 unspecified atom stereocenters. The van der Waals surface area contributed by atoms with Gasteiger partial charge < -0.3 is 25.1 Å². The first-order valence-electron chi connectivity index (χ1n) is 2.68. The monoisotopic (exact) mass is 191 g/mol. The van der Waals surface area contributed by atoms with Gasteiger partial charge >= 0.3 is 59.1 Å². The van der Waals surface area contributed by atoms with E-state index >= 15 is 0 Å². The van der Waals surface area contributed by atoms with Crippen LogP contribution in [-0.4, -0.2) is 24.5 Å². The molecule has 0 fully saturated rings. The molecule has 0 aromatic heterocycles. The van der Waals surface area contributed by atoms with E-state index in [1.807, 2.05) is 0 Å². The van der Waals surface area contributed by atoms with Crippen LogP contribution in [0.5, 0.6) is 0 Å². The fourth-order valence-corrected chi connectivity index (χ4v) is 0.320. The number of hydrogen-bond acceptors (Lipinski definition) is 5. The van der Waals surface area contributed by atoms with Gasteiger partial charge in [-0.25, -0.2) is 0 Å².